The monoisotopic (exact) mass is 561 g/mol. The van der Waals surface area contributed by atoms with Crippen LogP contribution in [0.2, 0.25) is 0 Å². The first-order valence-corrected chi connectivity index (χ1v) is 11.3. The average Bonchev–Trinajstić information content (AvgIpc) is 3.22. The summed E-state index contributed by atoms with van der Waals surface area (Å²) < 4.78 is 30.9. The summed E-state index contributed by atoms with van der Waals surface area (Å²) in [4.78, 5) is 30.8. The van der Waals surface area contributed by atoms with Gasteiger partial charge in [0, 0.05) is 59.9 Å². The molecular formula is C22H18F2IN7O. The Morgan fingerprint density at radius 1 is 1.15 bits per heavy atom. The van der Waals surface area contributed by atoms with Crippen LogP contribution in [0.4, 0.5) is 13.6 Å². The number of nitrogens with zero attached hydrogens (tertiary/aromatic N) is 7. The van der Waals surface area contributed by atoms with Crippen molar-refractivity contribution in [3.63, 3.8) is 0 Å². The van der Waals surface area contributed by atoms with Crippen LogP contribution in [0, 0.1) is 6.92 Å². The Morgan fingerprint density at radius 3 is 2.79 bits per heavy atom. The van der Waals surface area contributed by atoms with Crippen molar-refractivity contribution in [2.75, 3.05) is 13.1 Å². The molecule has 4 aromatic rings. The third-order valence-electron chi connectivity index (χ3n) is 5.68. The number of amides is 1. The van der Waals surface area contributed by atoms with Gasteiger partial charge in [-0.25, -0.2) is 23.4 Å². The SMILES string of the molecule is Cc1cncc(-c2cc3c(cn2)cnn3-c2cccc(C3CN(C(=O)I)CCC3(F)F)n2)n1. The molecule has 0 aromatic carbocycles. The van der Waals surface area contributed by atoms with Crippen LogP contribution in [0.15, 0.2) is 49.1 Å². The fourth-order valence-corrected chi connectivity index (χ4v) is 4.39. The Bertz CT molecular complexity index is 1360. The minimum absolute atomic E-state index is 0.0341. The first kappa shape index (κ1) is 21.7. The second-order valence-corrected chi connectivity index (χ2v) is 8.84. The Hall–Kier alpha value is -3.09. The van der Waals surface area contributed by atoms with Gasteiger partial charge in [-0.2, -0.15) is 5.10 Å². The Balaban J connectivity index is 1.55. The summed E-state index contributed by atoms with van der Waals surface area (Å²) in [5.41, 5.74) is 2.95. The number of hydrogen-bond donors (Lipinski definition) is 0. The zero-order valence-electron chi connectivity index (χ0n) is 17.5. The molecule has 5 heterocycles. The predicted octanol–water partition coefficient (Wildman–Crippen LogP) is 4.56. The highest BCUT2D eigenvalue weighted by atomic mass is 127. The first-order valence-electron chi connectivity index (χ1n) is 10.2. The lowest BCUT2D eigenvalue weighted by Gasteiger charge is -2.37. The predicted molar refractivity (Wildman–Crippen MR) is 126 cm³/mol. The summed E-state index contributed by atoms with van der Waals surface area (Å²) in [5.74, 6) is -3.74. The molecule has 0 radical (unpaired) electrons. The Labute approximate surface area is 201 Å². The van der Waals surface area contributed by atoms with Crippen molar-refractivity contribution in [3.8, 4) is 17.2 Å². The molecule has 4 aromatic heterocycles. The van der Waals surface area contributed by atoms with E-state index in [0.717, 1.165) is 11.1 Å². The van der Waals surface area contributed by atoms with Gasteiger partial charge in [-0.1, -0.05) is 6.07 Å². The number of hydrogen-bond acceptors (Lipinski definition) is 6. The minimum atomic E-state index is -2.96. The molecule has 1 aliphatic heterocycles. The highest BCUT2D eigenvalue weighted by molar-refractivity contribution is 14.1. The third-order valence-corrected chi connectivity index (χ3v) is 6.36. The number of alkyl halides is 2. The maximum absolute atomic E-state index is 14.8. The molecule has 1 aliphatic rings. The van der Waals surface area contributed by atoms with Crippen LogP contribution in [0.3, 0.4) is 0 Å². The molecule has 0 spiro atoms. The second-order valence-electron chi connectivity index (χ2n) is 7.91. The smallest absolute Gasteiger partial charge is 0.283 e. The van der Waals surface area contributed by atoms with Crippen LogP contribution in [0.5, 0.6) is 0 Å². The zero-order valence-corrected chi connectivity index (χ0v) is 19.6. The molecule has 5 rings (SSSR count). The average molecular weight is 561 g/mol. The van der Waals surface area contributed by atoms with E-state index in [9.17, 15) is 13.6 Å². The number of pyridine rings is 2. The molecule has 8 nitrogen and oxygen atoms in total. The summed E-state index contributed by atoms with van der Waals surface area (Å²) in [5, 5.41) is 5.18. The highest BCUT2D eigenvalue weighted by Crippen LogP contribution is 2.40. The van der Waals surface area contributed by atoms with E-state index >= 15 is 0 Å². The highest BCUT2D eigenvalue weighted by Gasteiger charge is 2.46. The molecular weight excluding hydrogens is 543 g/mol. The van der Waals surface area contributed by atoms with Crippen LogP contribution in [0.1, 0.15) is 23.7 Å². The molecule has 0 bridgehead atoms. The van der Waals surface area contributed by atoms with Gasteiger partial charge in [0.1, 0.15) is 5.69 Å². The van der Waals surface area contributed by atoms with Gasteiger partial charge in [-0.15, -0.1) is 0 Å². The summed E-state index contributed by atoms with van der Waals surface area (Å²) >= 11 is 1.63. The third kappa shape index (κ3) is 4.16. The molecule has 0 aliphatic carbocycles. The molecule has 1 unspecified atom stereocenters. The van der Waals surface area contributed by atoms with E-state index in [1.165, 1.54) is 4.90 Å². The van der Waals surface area contributed by atoms with E-state index in [-0.39, 0.29) is 22.7 Å². The summed E-state index contributed by atoms with van der Waals surface area (Å²) in [6, 6.07) is 6.79. The van der Waals surface area contributed by atoms with Crippen molar-refractivity contribution in [2.24, 2.45) is 0 Å². The lowest BCUT2D eigenvalue weighted by atomic mass is 9.90. The number of piperidine rings is 1. The number of halogens is 3. The number of aromatic nitrogens is 6. The first-order chi connectivity index (χ1) is 15.8. The van der Waals surface area contributed by atoms with Gasteiger partial charge in [0.15, 0.2) is 5.82 Å². The molecule has 1 saturated heterocycles. The fourth-order valence-electron chi connectivity index (χ4n) is 3.95. The largest absolute Gasteiger partial charge is 0.333 e. The van der Waals surface area contributed by atoms with E-state index in [1.54, 1.807) is 70.3 Å². The number of carbonyl (C=O) groups excluding carboxylic acids is 1. The maximum atomic E-state index is 14.8. The normalized spacial score (nSPS) is 17.9. The lowest BCUT2D eigenvalue weighted by Crippen LogP contribution is -2.46. The van der Waals surface area contributed by atoms with E-state index in [2.05, 4.69) is 25.0 Å². The number of carbonyl (C=O) groups is 1. The number of aryl methyl sites for hydroxylation is 1. The molecule has 1 fully saturated rings. The molecule has 0 saturated carbocycles. The molecule has 1 amide bonds. The van der Waals surface area contributed by atoms with Gasteiger partial charge in [-0.05, 0) is 25.1 Å². The zero-order chi connectivity index (χ0) is 23.2. The van der Waals surface area contributed by atoms with Crippen molar-refractivity contribution in [2.45, 2.75) is 25.2 Å². The minimum Gasteiger partial charge on any atom is -0.333 e. The van der Waals surface area contributed by atoms with E-state index in [4.69, 9.17) is 0 Å². The number of fused-ring (bicyclic) bond motifs is 1. The fraction of sp³-hybridized carbons (Fsp3) is 0.273. The quantitative estimate of drug-likeness (QED) is 0.207. The van der Waals surface area contributed by atoms with Crippen molar-refractivity contribution in [1.29, 1.82) is 0 Å². The van der Waals surface area contributed by atoms with Crippen molar-refractivity contribution in [1.82, 2.24) is 34.6 Å². The standard InChI is InChI=1S/C22H18F2IN7O/c1-13-8-26-11-18(29-13)17-7-19-14(9-27-17)10-28-32(19)20-4-2-3-16(30-20)15-12-31(21(25)33)6-5-22(15,23)24/h2-4,7-11,15H,5-6,12H2,1H3. The molecule has 1 atom stereocenters. The van der Waals surface area contributed by atoms with Gasteiger partial charge >= 0.3 is 0 Å². The topological polar surface area (TPSA) is 89.7 Å². The molecule has 0 N–H and O–H groups in total. The second kappa shape index (κ2) is 8.36. The van der Waals surface area contributed by atoms with Gasteiger partial charge in [0.25, 0.3) is 9.84 Å². The maximum Gasteiger partial charge on any atom is 0.283 e. The number of rotatable bonds is 3. The number of likely N-dealkylation sites (tertiary alicyclic amines) is 1. The van der Waals surface area contributed by atoms with Crippen molar-refractivity contribution in [3.05, 3.63) is 60.4 Å². The van der Waals surface area contributed by atoms with E-state index in [1.807, 2.05) is 13.0 Å². The summed E-state index contributed by atoms with van der Waals surface area (Å²) in [6.45, 7) is 1.81. The Morgan fingerprint density at radius 2 is 2.00 bits per heavy atom. The van der Waals surface area contributed by atoms with Gasteiger partial charge in [0.2, 0.25) is 0 Å². The van der Waals surface area contributed by atoms with Gasteiger partial charge in [-0.3, -0.25) is 14.8 Å². The van der Waals surface area contributed by atoms with Crippen LogP contribution < -0.4 is 0 Å². The van der Waals surface area contributed by atoms with Crippen molar-refractivity contribution < 1.29 is 13.6 Å². The Kier molecular flexibility index (Phi) is 5.51. The van der Waals surface area contributed by atoms with Crippen LogP contribution in [-0.4, -0.2) is 57.5 Å². The molecule has 33 heavy (non-hydrogen) atoms. The van der Waals surface area contributed by atoms with E-state index in [0.29, 0.717) is 22.7 Å². The van der Waals surface area contributed by atoms with Gasteiger partial charge in [0.05, 0.1) is 40.9 Å². The summed E-state index contributed by atoms with van der Waals surface area (Å²) in [6.07, 6.45) is 6.23. The summed E-state index contributed by atoms with van der Waals surface area (Å²) in [7, 11) is 0. The van der Waals surface area contributed by atoms with E-state index < -0.39 is 18.3 Å². The van der Waals surface area contributed by atoms with Crippen LogP contribution >= 0.6 is 22.6 Å². The lowest BCUT2D eigenvalue weighted by molar-refractivity contribution is -0.0669. The molecule has 168 valence electrons. The van der Waals surface area contributed by atoms with Gasteiger partial charge < -0.3 is 4.90 Å². The van der Waals surface area contributed by atoms with Crippen LogP contribution in [-0.2, 0) is 0 Å². The van der Waals surface area contributed by atoms with Crippen LogP contribution in [0.25, 0.3) is 28.1 Å². The van der Waals surface area contributed by atoms with Crippen molar-refractivity contribution >= 4 is 37.4 Å². The molecule has 11 heteroatoms.